The monoisotopic (exact) mass is 248 g/mol. The van der Waals surface area contributed by atoms with Crippen molar-refractivity contribution in [3.05, 3.63) is 17.8 Å². The number of carbonyl (C=O) groups excluding carboxylic acids is 1. The molecule has 0 saturated carbocycles. The molecule has 5 heteroatoms. The number of carbonyl (C=O) groups is 1. The zero-order valence-corrected chi connectivity index (χ0v) is 10.8. The molecule has 1 fully saturated rings. The summed E-state index contributed by atoms with van der Waals surface area (Å²) in [5.41, 5.74) is 5.88. The first-order valence-corrected chi connectivity index (χ1v) is 6.62. The van der Waals surface area contributed by atoms with Crippen LogP contribution in [0.5, 0.6) is 0 Å². The van der Waals surface area contributed by atoms with Crippen molar-refractivity contribution < 1.29 is 4.79 Å². The van der Waals surface area contributed by atoms with Gasteiger partial charge in [-0.2, -0.15) is 0 Å². The number of nitrogen functional groups attached to an aromatic ring is 1. The van der Waals surface area contributed by atoms with Gasteiger partial charge in [0.1, 0.15) is 5.82 Å². The smallest absolute Gasteiger partial charge is 0.274 e. The summed E-state index contributed by atoms with van der Waals surface area (Å²) >= 11 is 0. The minimum Gasteiger partial charge on any atom is -0.382 e. The van der Waals surface area contributed by atoms with E-state index in [1.54, 1.807) is 12.1 Å². The number of amides is 1. The van der Waals surface area contributed by atoms with E-state index in [1.165, 1.54) is 12.8 Å². The van der Waals surface area contributed by atoms with Gasteiger partial charge in [-0.1, -0.05) is 19.8 Å². The average Bonchev–Trinajstić information content (AvgIpc) is 2.63. The summed E-state index contributed by atoms with van der Waals surface area (Å²) in [6, 6.07) is 3.61. The molecular weight excluding hydrogens is 228 g/mol. The summed E-state index contributed by atoms with van der Waals surface area (Å²) in [4.78, 5) is 14.4. The summed E-state index contributed by atoms with van der Waals surface area (Å²) in [5, 5.41) is 7.64. The molecule has 2 rings (SSSR count). The van der Waals surface area contributed by atoms with Gasteiger partial charge in [-0.15, -0.1) is 10.2 Å². The van der Waals surface area contributed by atoms with Gasteiger partial charge in [-0.05, 0) is 31.4 Å². The average molecular weight is 248 g/mol. The SMILES string of the molecule is CCC1CCCCCN1C(=O)c1ccc(N)nn1. The first kappa shape index (κ1) is 12.8. The fourth-order valence-electron chi connectivity index (χ4n) is 2.47. The van der Waals surface area contributed by atoms with Crippen LogP contribution >= 0.6 is 0 Å². The molecule has 98 valence electrons. The maximum Gasteiger partial charge on any atom is 0.274 e. The van der Waals surface area contributed by atoms with Crippen molar-refractivity contribution >= 4 is 11.7 Å². The molecule has 0 aromatic carbocycles. The zero-order valence-electron chi connectivity index (χ0n) is 10.8. The second-order valence-corrected chi connectivity index (χ2v) is 4.75. The highest BCUT2D eigenvalue weighted by molar-refractivity contribution is 5.92. The van der Waals surface area contributed by atoms with Gasteiger partial charge in [0.15, 0.2) is 5.69 Å². The van der Waals surface area contributed by atoms with Crippen LogP contribution in [0.15, 0.2) is 12.1 Å². The zero-order chi connectivity index (χ0) is 13.0. The highest BCUT2D eigenvalue weighted by Gasteiger charge is 2.25. The number of likely N-dealkylation sites (tertiary alicyclic amines) is 1. The lowest BCUT2D eigenvalue weighted by molar-refractivity contribution is 0.0671. The molecule has 1 amide bonds. The molecule has 1 aliphatic heterocycles. The molecule has 2 N–H and O–H groups in total. The van der Waals surface area contributed by atoms with Gasteiger partial charge < -0.3 is 10.6 Å². The van der Waals surface area contributed by atoms with Gasteiger partial charge in [-0.25, -0.2) is 0 Å². The van der Waals surface area contributed by atoms with Gasteiger partial charge in [0, 0.05) is 12.6 Å². The number of aromatic nitrogens is 2. The first-order valence-electron chi connectivity index (χ1n) is 6.62. The minimum atomic E-state index is -0.0174. The quantitative estimate of drug-likeness (QED) is 0.867. The molecule has 5 nitrogen and oxygen atoms in total. The number of hydrogen-bond acceptors (Lipinski definition) is 4. The maximum absolute atomic E-state index is 12.4. The van der Waals surface area contributed by atoms with Crippen LogP contribution in [0.2, 0.25) is 0 Å². The molecule has 18 heavy (non-hydrogen) atoms. The molecule has 0 radical (unpaired) electrons. The summed E-state index contributed by atoms with van der Waals surface area (Å²) < 4.78 is 0. The standard InChI is InChI=1S/C13H20N4O/c1-2-10-6-4-3-5-9-17(10)13(18)11-7-8-12(14)16-15-11/h7-8,10H,2-6,9H2,1H3,(H2,14,16). The highest BCUT2D eigenvalue weighted by Crippen LogP contribution is 2.20. The van der Waals surface area contributed by atoms with E-state index in [-0.39, 0.29) is 5.91 Å². The van der Waals surface area contributed by atoms with E-state index >= 15 is 0 Å². The number of nitrogens with two attached hydrogens (primary N) is 1. The lowest BCUT2D eigenvalue weighted by Gasteiger charge is -2.28. The van der Waals surface area contributed by atoms with E-state index in [9.17, 15) is 4.79 Å². The van der Waals surface area contributed by atoms with Crippen LogP contribution < -0.4 is 5.73 Å². The number of anilines is 1. The van der Waals surface area contributed by atoms with E-state index in [1.807, 2.05) is 4.90 Å². The number of rotatable bonds is 2. The first-order chi connectivity index (χ1) is 8.72. The normalized spacial score (nSPS) is 20.5. The van der Waals surface area contributed by atoms with Crippen molar-refractivity contribution in [1.29, 1.82) is 0 Å². The van der Waals surface area contributed by atoms with Crippen LogP contribution in [0.4, 0.5) is 5.82 Å². The third kappa shape index (κ3) is 2.78. The molecule has 2 heterocycles. The topological polar surface area (TPSA) is 72.1 Å². The second kappa shape index (κ2) is 5.80. The van der Waals surface area contributed by atoms with Gasteiger partial charge in [0.2, 0.25) is 0 Å². The van der Waals surface area contributed by atoms with E-state index in [4.69, 9.17) is 5.73 Å². The summed E-state index contributed by atoms with van der Waals surface area (Å²) in [7, 11) is 0. The highest BCUT2D eigenvalue weighted by atomic mass is 16.2. The van der Waals surface area contributed by atoms with E-state index in [2.05, 4.69) is 17.1 Å². The molecule has 1 unspecified atom stereocenters. The largest absolute Gasteiger partial charge is 0.382 e. The summed E-state index contributed by atoms with van der Waals surface area (Å²) in [6.45, 7) is 2.95. The fraction of sp³-hybridized carbons (Fsp3) is 0.615. The van der Waals surface area contributed by atoms with Crippen molar-refractivity contribution in [2.24, 2.45) is 0 Å². The number of nitrogens with zero attached hydrogens (tertiary/aromatic N) is 3. The van der Waals surface area contributed by atoms with Crippen LogP contribution in [0.25, 0.3) is 0 Å². The van der Waals surface area contributed by atoms with Crippen LogP contribution in [0.1, 0.15) is 49.5 Å². The minimum absolute atomic E-state index is 0.0174. The summed E-state index contributed by atoms with van der Waals surface area (Å²) in [6.07, 6.45) is 5.56. The van der Waals surface area contributed by atoms with Gasteiger partial charge in [0.05, 0.1) is 0 Å². The molecule has 1 saturated heterocycles. The predicted octanol–water partition coefficient (Wildman–Crippen LogP) is 1.85. The molecular formula is C13H20N4O. The Morgan fingerprint density at radius 1 is 1.39 bits per heavy atom. The second-order valence-electron chi connectivity index (χ2n) is 4.75. The molecule has 0 bridgehead atoms. The van der Waals surface area contributed by atoms with Crippen LogP contribution in [0, 0.1) is 0 Å². The molecule has 0 spiro atoms. The van der Waals surface area contributed by atoms with Crippen LogP contribution in [-0.4, -0.2) is 33.6 Å². The Balaban J connectivity index is 2.17. The van der Waals surface area contributed by atoms with Crippen molar-refractivity contribution in [2.45, 2.75) is 45.1 Å². The van der Waals surface area contributed by atoms with Gasteiger partial charge >= 0.3 is 0 Å². The van der Waals surface area contributed by atoms with Crippen LogP contribution in [-0.2, 0) is 0 Å². The lowest BCUT2D eigenvalue weighted by Crippen LogP contribution is -2.40. The van der Waals surface area contributed by atoms with E-state index < -0.39 is 0 Å². The third-order valence-corrected chi connectivity index (χ3v) is 3.51. The Labute approximate surface area is 107 Å². The van der Waals surface area contributed by atoms with Crippen molar-refractivity contribution in [3.8, 4) is 0 Å². The maximum atomic E-state index is 12.4. The number of hydrogen-bond donors (Lipinski definition) is 1. The van der Waals surface area contributed by atoms with E-state index in [0.717, 1.165) is 25.8 Å². The Morgan fingerprint density at radius 2 is 2.22 bits per heavy atom. The Morgan fingerprint density at radius 3 is 2.89 bits per heavy atom. The molecule has 0 aliphatic carbocycles. The fourth-order valence-corrected chi connectivity index (χ4v) is 2.47. The van der Waals surface area contributed by atoms with Crippen molar-refractivity contribution in [3.63, 3.8) is 0 Å². The Bertz CT molecular complexity index is 404. The molecule has 1 atom stereocenters. The predicted molar refractivity (Wildman–Crippen MR) is 70.0 cm³/mol. The molecule has 1 aliphatic rings. The van der Waals surface area contributed by atoms with Gasteiger partial charge in [-0.3, -0.25) is 4.79 Å². The molecule has 1 aromatic rings. The summed E-state index contributed by atoms with van der Waals surface area (Å²) in [5.74, 6) is 0.325. The van der Waals surface area contributed by atoms with E-state index in [0.29, 0.717) is 17.6 Å². The van der Waals surface area contributed by atoms with Crippen LogP contribution in [0.3, 0.4) is 0 Å². The lowest BCUT2D eigenvalue weighted by atomic mass is 10.1. The third-order valence-electron chi connectivity index (χ3n) is 3.51. The van der Waals surface area contributed by atoms with Crippen molar-refractivity contribution in [1.82, 2.24) is 15.1 Å². The Kier molecular flexibility index (Phi) is 4.12. The van der Waals surface area contributed by atoms with Gasteiger partial charge in [0.25, 0.3) is 5.91 Å². The Hall–Kier alpha value is -1.65. The molecule has 1 aromatic heterocycles. The van der Waals surface area contributed by atoms with Crippen molar-refractivity contribution in [2.75, 3.05) is 12.3 Å².